The van der Waals surface area contributed by atoms with E-state index >= 15 is 0 Å². The highest BCUT2D eigenvalue weighted by molar-refractivity contribution is 5.75. The number of allylic oxidation sites excluding steroid dienone is 12. The van der Waals surface area contributed by atoms with E-state index in [1.165, 1.54) is 0 Å². The Morgan fingerprint density at radius 1 is 0.667 bits per heavy atom. The van der Waals surface area contributed by atoms with Gasteiger partial charge in [-0.2, -0.15) is 0 Å². The van der Waals surface area contributed by atoms with Crippen molar-refractivity contribution in [1.82, 2.24) is 5.32 Å². The van der Waals surface area contributed by atoms with Crippen LogP contribution in [0.15, 0.2) is 72.9 Å². The third kappa shape index (κ3) is 27.8. The minimum Gasteiger partial charge on any atom is -0.378 e. The first kappa shape index (κ1) is 30.8. The van der Waals surface area contributed by atoms with Crippen molar-refractivity contribution >= 4 is 5.91 Å². The van der Waals surface area contributed by atoms with Crippen LogP contribution in [0.25, 0.3) is 0 Å². The van der Waals surface area contributed by atoms with Crippen LogP contribution in [0.3, 0.4) is 0 Å². The van der Waals surface area contributed by atoms with Gasteiger partial charge in [0.1, 0.15) is 0 Å². The zero-order valence-corrected chi connectivity index (χ0v) is 20.6. The Morgan fingerprint density at radius 3 is 1.61 bits per heavy atom. The summed E-state index contributed by atoms with van der Waals surface area (Å²) < 4.78 is 10.6. The predicted molar refractivity (Wildman–Crippen MR) is 141 cm³/mol. The van der Waals surface area contributed by atoms with Crippen LogP contribution in [-0.4, -0.2) is 45.4 Å². The molecule has 0 radical (unpaired) electrons. The fourth-order valence-corrected chi connectivity index (χ4v) is 2.61. The zero-order valence-electron chi connectivity index (χ0n) is 20.6. The van der Waals surface area contributed by atoms with Crippen molar-refractivity contribution in [2.75, 3.05) is 39.5 Å². The highest BCUT2D eigenvalue weighted by Gasteiger charge is 1.98. The summed E-state index contributed by atoms with van der Waals surface area (Å²) in [6.07, 6.45) is 33.3. The van der Waals surface area contributed by atoms with Crippen molar-refractivity contribution in [2.45, 2.75) is 58.3 Å². The summed E-state index contributed by atoms with van der Waals surface area (Å²) in [5.41, 5.74) is 5.32. The lowest BCUT2D eigenvalue weighted by atomic mass is 10.2. The number of amides is 1. The van der Waals surface area contributed by atoms with Crippen molar-refractivity contribution in [3.63, 3.8) is 0 Å². The molecule has 0 saturated heterocycles. The molecule has 186 valence electrons. The summed E-state index contributed by atoms with van der Waals surface area (Å²) in [7, 11) is 0. The SMILES string of the molecule is CCC=CCC=CCC=CCC=CCC=CCC=CCCC(=O)NCCOCCOCCN. The maximum absolute atomic E-state index is 11.7. The molecule has 1 amide bonds. The van der Waals surface area contributed by atoms with Crippen LogP contribution in [0.1, 0.15) is 58.3 Å². The van der Waals surface area contributed by atoms with E-state index in [4.69, 9.17) is 15.2 Å². The van der Waals surface area contributed by atoms with E-state index in [0.717, 1.165) is 44.9 Å². The molecule has 0 aliphatic heterocycles. The highest BCUT2D eigenvalue weighted by atomic mass is 16.5. The maximum Gasteiger partial charge on any atom is 0.220 e. The van der Waals surface area contributed by atoms with Gasteiger partial charge in [0.05, 0.1) is 26.4 Å². The Bertz CT molecular complexity index is 604. The van der Waals surface area contributed by atoms with Crippen LogP contribution in [0.4, 0.5) is 0 Å². The second kappa shape index (κ2) is 27.8. The van der Waals surface area contributed by atoms with Gasteiger partial charge in [0.15, 0.2) is 0 Å². The van der Waals surface area contributed by atoms with E-state index in [1.807, 2.05) is 0 Å². The molecule has 3 N–H and O–H groups in total. The van der Waals surface area contributed by atoms with Gasteiger partial charge in [-0.25, -0.2) is 0 Å². The summed E-state index contributed by atoms with van der Waals surface area (Å²) in [5.74, 6) is 0.0533. The molecule has 0 atom stereocenters. The van der Waals surface area contributed by atoms with Crippen molar-refractivity contribution in [2.24, 2.45) is 5.73 Å². The predicted octanol–water partition coefficient (Wildman–Crippen LogP) is 5.57. The maximum atomic E-state index is 11.7. The normalized spacial score (nSPS) is 12.7. The molecule has 0 bridgehead atoms. The van der Waals surface area contributed by atoms with E-state index in [0.29, 0.717) is 45.9 Å². The van der Waals surface area contributed by atoms with E-state index in [1.54, 1.807) is 0 Å². The number of hydrogen-bond acceptors (Lipinski definition) is 4. The topological polar surface area (TPSA) is 73.6 Å². The van der Waals surface area contributed by atoms with Gasteiger partial charge in [-0.05, 0) is 44.9 Å². The van der Waals surface area contributed by atoms with Gasteiger partial charge in [0, 0.05) is 19.5 Å². The summed E-state index contributed by atoms with van der Waals surface area (Å²) in [4.78, 5) is 11.7. The third-order valence-electron chi connectivity index (χ3n) is 4.34. The lowest BCUT2D eigenvalue weighted by Gasteiger charge is -2.06. The van der Waals surface area contributed by atoms with Crippen LogP contribution < -0.4 is 11.1 Å². The fraction of sp³-hybridized carbons (Fsp3) is 0.536. The Morgan fingerprint density at radius 2 is 1.12 bits per heavy atom. The molecule has 0 heterocycles. The van der Waals surface area contributed by atoms with E-state index in [9.17, 15) is 4.79 Å². The molecule has 0 aliphatic carbocycles. The number of carbonyl (C=O) groups is 1. The van der Waals surface area contributed by atoms with Crippen molar-refractivity contribution < 1.29 is 14.3 Å². The number of ether oxygens (including phenoxy) is 2. The third-order valence-corrected chi connectivity index (χ3v) is 4.34. The van der Waals surface area contributed by atoms with E-state index in [2.05, 4.69) is 85.2 Å². The minimum absolute atomic E-state index is 0.0533. The van der Waals surface area contributed by atoms with Crippen LogP contribution in [0, 0.1) is 0 Å². The van der Waals surface area contributed by atoms with Gasteiger partial charge in [0.25, 0.3) is 0 Å². The Labute approximate surface area is 202 Å². The largest absolute Gasteiger partial charge is 0.378 e. The molecule has 0 aromatic rings. The molecule has 0 aromatic heterocycles. The molecular weight excluding hydrogens is 412 g/mol. The van der Waals surface area contributed by atoms with E-state index < -0.39 is 0 Å². The highest BCUT2D eigenvalue weighted by Crippen LogP contribution is 1.97. The number of nitrogens with one attached hydrogen (secondary N) is 1. The van der Waals surface area contributed by atoms with Crippen LogP contribution >= 0.6 is 0 Å². The molecule has 0 unspecified atom stereocenters. The number of nitrogens with two attached hydrogens (primary N) is 1. The summed E-state index contributed by atoms with van der Waals surface area (Å²) in [6, 6.07) is 0. The molecule has 5 nitrogen and oxygen atoms in total. The Kier molecular flexibility index (Phi) is 26.0. The van der Waals surface area contributed by atoms with Gasteiger partial charge < -0.3 is 20.5 Å². The van der Waals surface area contributed by atoms with Gasteiger partial charge in [-0.3, -0.25) is 4.79 Å². The lowest BCUT2D eigenvalue weighted by Crippen LogP contribution is -2.27. The molecule has 33 heavy (non-hydrogen) atoms. The zero-order chi connectivity index (χ0) is 24.1. The molecule has 0 spiro atoms. The first-order valence-corrected chi connectivity index (χ1v) is 12.3. The average Bonchev–Trinajstić information content (AvgIpc) is 2.82. The molecule has 0 rings (SSSR count). The fourth-order valence-electron chi connectivity index (χ4n) is 2.61. The summed E-state index contributed by atoms with van der Waals surface area (Å²) >= 11 is 0. The smallest absolute Gasteiger partial charge is 0.220 e. The van der Waals surface area contributed by atoms with Gasteiger partial charge in [0.2, 0.25) is 5.91 Å². The van der Waals surface area contributed by atoms with Gasteiger partial charge >= 0.3 is 0 Å². The van der Waals surface area contributed by atoms with Crippen molar-refractivity contribution in [1.29, 1.82) is 0 Å². The number of rotatable bonds is 22. The van der Waals surface area contributed by atoms with Crippen molar-refractivity contribution in [3.8, 4) is 0 Å². The Hall–Kier alpha value is -2.21. The quantitative estimate of drug-likeness (QED) is 0.164. The number of hydrogen-bond donors (Lipinski definition) is 2. The summed E-state index contributed by atoms with van der Waals surface area (Å²) in [5, 5.41) is 2.85. The lowest BCUT2D eigenvalue weighted by molar-refractivity contribution is -0.121. The van der Waals surface area contributed by atoms with Crippen LogP contribution in [0.5, 0.6) is 0 Å². The average molecular weight is 459 g/mol. The minimum atomic E-state index is 0.0533. The molecule has 0 fully saturated rings. The second-order valence-corrected chi connectivity index (χ2v) is 7.32. The van der Waals surface area contributed by atoms with Crippen molar-refractivity contribution in [3.05, 3.63) is 72.9 Å². The first-order valence-electron chi connectivity index (χ1n) is 12.3. The molecule has 0 saturated carbocycles. The van der Waals surface area contributed by atoms with Gasteiger partial charge in [-0.15, -0.1) is 0 Å². The van der Waals surface area contributed by atoms with Crippen LogP contribution in [0.2, 0.25) is 0 Å². The monoisotopic (exact) mass is 458 g/mol. The first-order chi connectivity index (χ1) is 16.3. The molecule has 0 aliphatic rings. The van der Waals surface area contributed by atoms with Crippen LogP contribution in [-0.2, 0) is 14.3 Å². The summed E-state index contributed by atoms with van der Waals surface area (Å²) in [6.45, 7) is 5.31. The standard InChI is InChI=1S/C28H46N2O3/c1-2-3-4-5-6-7-8-9-10-11-12-13-14-15-16-17-18-19-20-21-28(31)30-23-25-33-27-26-32-24-22-29/h3-4,6-7,9-10,12-13,15-16,18-19H,2,5,8,11,14,17,20-27,29H2,1H3,(H,30,31). The molecular formula is C28H46N2O3. The molecule has 0 aromatic carbocycles. The number of carbonyl (C=O) groups excluding carboxylic acids is 1. The molecule has 5 heteroatoms. The Balaban J connectivity index is 3.50. The second-order valence-electron chi connectivity index (χ2n) is 7.32. The van der Waals surface area contributed by atoms with Gasteiger partial charge in [-0.1, -0.05) is 79.8 Å². The van der Waals surface area contributed by atoms with E-state index in [-0.39, 0.29) is 5.91 Å².